The molecule has 1 aliphatic rings. The highest BCUT2D eigenvalue weighted by molar-refractivity contribution is 6.31. The summed E-state index contributed by atoms with van der Waals surface area (Å²) in [7, 11) is 0. The minimum Gasteiger partial charge on any atom is -0.288 e. The van der Waals surface area contributed by atoms with Gasteiger partial charge in [0.25, 0.3) is 5.91 Å². The van der Waals surface area contributed by atoms with E-state index in [-0.39, 0.29) is 40.3 Å². The molecule has 0 unspecified atom stereocenters. The van der Waals surface area contributed by atoms with E-state index in [1.807, 2.05) is 0 Å². The zero-order chi connectivity index (χ0) is 23.3. The first-order valence-electron chi connectivity index (χ1n) is 9.80. The molecule has 0 radical (unpaired) electrons. The van der Waals surface area contributed by atoms with Crippen LogP contribution in [-0.4, -0.2) is 35.3 Å². The molecule has 0 bridgehead atoms. The monoisotopic (exact) mass is 479 g/mol. The van der Waals surface area contributed by atoms with Gasteiger partial charge in [-0.3, -0.25) is 10.1 Å². The third-order valence-corrected chi connectivity index (χ3v) is 5.46. The molecule has 1 aliphatic carbocycles. The quantitative estimate of drug-likeness (QED) is 0.431. The van der Waals surface area contributed by atoms with Crippen molar-refractivity contribution < 1.29 is 22.4 Å². The van der Waals surface area contributed by atoms with Crippen LogP contribution in [0.3, 0.4) is 0 Å². The maximum Gasteiger partial charge on any atom is 0.433 e. The van der Waals surface area contributed by atoms with Crippen molar-refractivity contribution in [3.63, 3.8) is 0 Å². The molecule has 1 aromatic carbocycles. The van der Waals surface area contributed by atoms with Crippen LogP contribution in [0.4, 0.5) is 23.5 Å². The van der Waals surface area contributed by atoms with E-state index in [0.29, 0.717) is 10.2 Å². The fourth-order valence-corrected chi connectivity index (χ4v) is 3.56. The Bertz CT molecular complexity index is 1360. The van der Waals surface area contributed by atoms with Crippen molar-refractivity contribution >= 4 is 29.1 Å². The summed E-state index contributed by atoms with van der Waals surface area (Å²) in [5, 5.41) is 10.4. The third kappa shape index (κ3) is 4.25. The molecule has 170 valence electrons. The van der Waals surface area contributed by atoms with Crippen molar-refractivity contribution in [2.24, 2.45) is 0 Å². The molecule has 8 nitrogen and oxygen atoms in total. The summed E-state index contributed by atoms with van der Waals surface area (Å²) in [6.07, 6.45) is -1.87. The van der Waals surface area contributed by atoms with Crippen molar-refractivity contribution in [2.75, 3.05) is 5.32 Å². The highest BCUT2D eigenvalue weighted by Gasteiger charge is 2.37. The van der Waals surface area contributed by atoms with E-state index >= 15 is 0 Å². The Morgan fingerprint density at radius 2 is 2.00 bits per heavy atom. The molecule has 1 saturated carbocycles. The smallest absolute Gasteiger partial charge is 0.288 e. The number of halogens is 5. The van der Waals surface area contributed by atoms with Crippen LogP contribution in [0.25, 0.3) is 5.65 Å². The van der Waals surface area contributed by atoms with E-state index in [2.05, 4.69) is 25.5 Å². The molecule has 4 aromatic rings. The van der Waals surface area contributed by atoms with Crippen molar-refractivity contribution in [1.29, 1.82) is 0 Å². The number of benzene rings is 1. The molecule has 13 heteroatoms. The van der Waals surface area contributed by atoms with Crippen LogP contribution in [0.15, 0.2) is 36.7 Å². The molecule has 3 heterocycles. The Hall–Kier alpha value is -3.54. The van der Waals surface area contributed by atoms with Gasteiger partial charge in [0.2, 0.25) is 5.95 Å². The SMILES string of the molecule is O=C(Nc1ncn(Cc2c(F)cccc2Cl)n1)c1cc2nc(C3CC3)cc(C(F)(F)F)n2n1. The number of nitrogens with one attached hydrogen (secondary N) is 1. The van der Waals surface area contributed by atoms with Gasteiger partial charge in [0, 0.05) is 28.3 Å². The van der Waals surface area contributed by atoms with Gasteiger partial charge in [-0.05, 0) is 31.0 Å². The Morgan fingerprint density at radius 3 is 2.70 bits per heavy atom. The summed E-state index contributed by atoms with van der Waals surface area (Å²) in [6.45, 7) is -0.0362. The number of aromatic nitrogens is 6. The molecule has 33 heavy (non-hydrogen) atoms. The zero-order valence-electron chi connectivity index (χ0n) is 16.6. The van der Waals surface area contributed by atoms with Gasteiger partial charge in [-0.1, -0.05) is 17.7 Å². The third-order valence-electron chi connectivity index (χ3n) is 5.11. The molecule has 0 saturated heterocycles. The fourth-order valence-electron chi connectivity index (χ4n) is 3.33. The van der Waals surface area contributed by atoms with Crippen LogP contribution in [0.1, 0.15) is 46.2 Å². The van der Waals surface area contributed by atoms with Crippen molar-refractivity contribution in [3.8, 4) is 0 Å². The number of amides is 1. The van der Waals surface area contributed by atoms with Crippen LogP contribution >= 0.6 is 11.6 Å². The topological polar surface area (TPSA) is 90.0 Å². The van der Waals surface area contributed by atoms with Crippen molar-refractivity contribution in [3.05, 3.63) is 70.1 Å². The van der Waals surface area contributed by atoms with Gasteiger partial charge in [-0.25, -0.2) is 23.6 Å². The van der Waals surface area contributed by atoms with E-state index < -0.39 is 23.6 Å². The average molecular weight is 480 g/mol. The molecular weight excluding hydrogens is 466 g/mol. The number of carbonyl (C=O) groups is 1. The summed E-state index contributed by atoms with van der Waals surface area (Å²) in [4.78, 5) is 20.7. The molecule has 1 amide bonds. The van der Waals surface area contributed by atoms with E-state index in [1.165, 1.54) is 35.3 Å². The van der Waals surface area contributed by atoms with Crippen LogP contribution < -0.4 is 5.32 Å². The second-order valence-electron chi connectivity index (χ2n) is 7.56. The number of anilines is 1. The predicted molar refractivity (Wildman–Crippen MR) is 108 cm³/mol. The fraction of sp³-hybridized carbons (Fsp3) is 0.250. The number of fused-ring (bicyclic) bond motifs is 1. The van der Waals surface area contributed by atoms with E-state index in [0.717, 1.165) is 18.9 Å². The molecule has 0 aliphatic heterocycles. The maximum atomic E-state index is 14.0. The number of carbonyl (C=O) groups excluding carboxylic acids is 1. The molecule has 0 atom stereocenters. The largest absolute Gasteiger partial charge is 0.433 e. The van der Waals surface area contributed by atoms with Crippen LogP contribution in [0.5, 0.6) is 0 Å². The normalized spacial score (nSPS) is 14.1. The first-order valence-corrected chi connectivity index (χ1v) is 10.2. The number of alkyl halides is 3. The minimum atomic E-state index is -4.67. The molecular formula is C20H14ClF4N7O. The van der Waals surface area contributed by atoms with E-state index in [4.69, 9.17) is 11.6 Å². The standard InChI is InChI=1S/C20H14ClF4N7O/c21-12-2-1-3-13(22)11(12)8-31-9-26-19(30-31)28-18(33)15-7-17-27-14(10-4-5-10)6-16(20(23,24)25)32(17)29-15/h1-3,6-7,9-10H,4-5,8H2,(H,28,30,33). The van der Waals surface area contributed by atoms with E-state index in [9.17, 15) is 22.4 Å². The second-order valence-corrected chi connectivity index (χ2v) is 7.97. The first kappa shape index (κ1) is 21.3. The number of hydrogen-bond donors (Lipinski definition) is 1. The minimum absolute atomic E-state index is 0.0144. The Balaban J connectivity index is 1.39. The van der Waals surface area contributed by atoms with Gasteiger partial charge >= 0.3 is 6.18 Å². The molecule has 5 rings (SSSR count). The van der Waals surface area contributed by atoms with E-state index in [1.54, 1.807) is 0 Å². The first-order chi connectivity index (χ1) is 15.7. The Labute approximate surface area is 188 Å². The summed E-state index contributed by atoms with van der Waals surface area (Å²) in [6, 6.07) is 6.39. The summed E-state index contributed by atoms with van der Waals surface area (Å²) in [5.74, 6) is -1.48. The van der Waals surface area contributed by atoms with Gasteiger partial charge < -0.3 is 0 Å². The number of rotatable bonds is 5. The Morgan fingerprint density at radius 1 is 1.21 bits per heavy atom. The lowest BCUT2D eigenvalue weighted by molar-refractivity contribution is -0.142. The highest BCUT2D eigenvalue weighted by Crippen LogP contribution is 2.41. The van der Waals surface area contributed by atoms with Crippen LogP contribution in [0.2, 0.25) is 5.02 Å². The molecule has 3 aromatic heterocycles. The molecule has 0 spiro atoms. The van der Waals surface area contributed by atoms with Gasteiger partial charge in [0.15, 0.2) is 11.3 Å². The highest BCUT2D eigenvalue weighted by atomic mass is 35.5. The molecule has 1 N–H and O–H groups in total. The van der Waals surface area contributed by atoms with Crippen molar-refractivity contribution in [1.82, 2.24) is 29.4 Å². The Kier molecular flexibility index (Phi) is 5.04. The van der Waals surface area contributed by atoms with Gasteiger partial charge in [-0.15, -0.1) is 5.10 Å². The maximum absolute atomic E-state index is 14.0. The van der Waals surface area contributed by atoms with Crippen molar-refractivity contribution in [2.45, 2.75) is 31.5 Å². The van der Waals surface area contributed by atoms with Gasteiger partial charge in [0.1, 0.15) is 17.8 Å². The lowest BCUT2D eigenvalue weighted by Crippen LogP contribution is -2.16. The molecule has 1 fully saturated rings. The second kappa shape index (κ2) is 7.80. The van der Waals surface area contributed by atoms with Gasteiger partial charge in [-0.2, -0.15) is 18.3 Å². The average Bonchev–Trinajstić information content (AvgIpc) is 3.36. The number of nitrogens with zero attached hydrogens (tertiary/aromatic N) is 6. The van der Waals surface area contributed by atoms with Gasteiger partial charge in [0.05, 0.1) is 6.54 Å². The summed E-state index contributed by atoms with van der Waals surface area (Å²) >= 11 is 6.00. The predicted octanol–water partition coefficient (Wildman–Crippen LogP) is 4.31. The lowest BCUT2D eigenvalue weighted by atomic mass is 10.2. The van der Waals surface area contributed by atoms with Crippen LogP contribution in [-0.2, 0) is 12.7 Å². The summed E-state index contributed by atoms with van der Waals surface area (Å²) < 4.78 is 56.4. The van der Waals surface area contributed by atoms with Crippen LogP contribution in [0, 0.1) is 5.82 Å². The summed E-state index contributed by atoms with van der Waals surface area (Å²) in [5.41, 5.74) is -0.843. The zero-order valence-corrected chi connectivity index (χ0v) is 17.4. The lowest BCUT2D eigenvalue weighted by Gasteiger charge is -2.10. The number of hydrogen-bond acceptors (Lipinski definition) is 5.